The minimum absolute atomic E-state index is 0.155. The molecule has 0 amide bonds. The molecular weight excluding hydrogens is 316 g/mol. The van der Waals surface area contributed by atoms with E-state index in [1.807, 2.05) is 6.92 Å². The van der Waals surface area contributed by atoms with Gasteiger partial charge < -0.3 is 5.73 Å². The second-order valence-electron chi connectivity index (χ2n) is 6.26. The van der Waals surface area contributed by atoms with Gasteiger partial charge in [-0.25, -0.2) is 13.1 Å². The van der Waals surface area contributed by atoms with Crippen molar-refractivity contribution < 1.29 is 8.42 Å². The van der Waals surface area contributed by atoms with Crippen LogP contribution >= 0.6 is 0 Å². The molecule has 2 aromatic rings. The van der Waals surface area contributed by atoms with Gasteiger partial charge in [-0.15, -0.1) is 5.10 Å². The van der Waals surface area contributed by atoms with E-state index in [1.165, 1.54) is 8.99 Å². The molecule has 0 bridgehead atoms. The topological polar surface area (TPSA) is 107 Å². The number of sulfonamides is 1. The molecule has 0 radical (unpaired) electrons. The Kier molecular flexibility index (Phi) is 3.95. The van der Waals surface area contributed by atoms with Crippen LogP contribution in [0.2, 0.25) is 0 Å². The summed E-state index contributed by atoms with van der Waals surface area (Å²) in [6.07, 6.45) is 0.773. The van der Waals surface area contributed by atoms with Gasteiger partial charge in [0.15, 0.2) is 5.82 Å². The Morgan fingerprint density at radius 1 is 1.39 bits per heavy atom. The highest BCUT2D eigenvalue weighted by Gasteiger charge is 2.39. The number of rotatable bonds is 4. The van der Waals surface area contributed by atoms with Crippen molar-refractivity contribution in [1.82, 2.24) is 24.5 Å². The largest absolute Gasteiger partial charge is 0.330 e. The van der Waals surface area contributed by atoms with E-state index in [-0.39, 0.29) is 10.3 Å². The lowest BCUT2D eigenvalue weighted by Crippen LogP contribution is -2.34. The monoisotopic (exact) mass is 336 g/mol. The first-order valence-electron chi connectivity index (χ1n) is 7.39. The van der Waals surface area contributed by atoms with Crippen molar-refractivity contribution in [2.45, 2.75) is 18.2 Å². The van der Waals surface area contributed by atoms with Crippen LogP contribution in [0.15, 0.2) is 29.2 Å². The minimum atomic E-state index is -3.55. The zero-order valence-electron chi connectivity index (χ0n) is 13.2. The van der Waals surface area contributed by atoms with Crippen molar-refractivity contribution in [2.24, 2.45) is 18.2 Å². The molecule has 1 aliphatic heterocycles. The smallest absolute Gasteiger partial charge is 0.243 e. The molecule has 0 spiro atoms. The van der Waals surface area contributed by atoms with Gasteiger partial charge in [0.05, 0.1) is 4.90 Å². The maximum Gasteiger partial charge on any atom is 0.243 e. The van der Waals surface area contributed by atoms with Gasteiger partial charge in [0, 0.05) is 25.7 Å². The SMILES string of the molecule is Cn1nnnc1-c1cccc(S(=O)(=O)N2CCC(C)(CN)C2)c1. The van der Waals surface area contributed by atoms with Gasteiger partial charge in [-0.05, 0) is 40.9 Å². The van der Waals surface area contributed by atoms with Crippen molar-refractivity contribution >= 4 is 10.0 Å². The molecule has 124 valence electrons. The van der Waals surface area contributed by atoms with E-state index in [4.69, 9.17) is 5.73 Å². The van der Waals surface area contributed by atoms with E-state index < -0.39 is 10.0 Å². The Balaban J connectivity index is 1.94. The number of hydrogen-bond acceptors (Lipinski definition) is 6. The Morgan fingerprint density at radius 3 is 2.78 bits per heavy atom. The summed E-state index contributed by atoms with van der Waals surface area (Å²) in [7, 11) is -1.83. The molecule has 3 rings (SSSR count). The number of tetrazole rings is 1. The van der Waals surface area contributed by atoms with E-state index in [2.05, 4.69) is 15.5 Å². The van der Waals surface area contributed by atoms with Crippen LogP contribution in [-0.2, 0) is 17.1 Å². The fraction of sp³-hybridized carbons (Fsp3) is 0.500. The number of benzene rings is 1. The molecule has 9 heteroatoms. The summed E-state index contributed by atoms with van der Waals surface area (Å²) in [5.41, 5.74) is 6.28. The average Bonchev–Trinajstić information content (AvgIpc) is 3.14. The Morgan fingerprint density at radius 2 is 2.17 bits per heavy atom. The molecule has 23 heavy (non-hydrogen) atoms. The molecule has 2 heterocycles. The van der Waals surface area contributed by atoms with Crippen LogP contribution in [0.3, 0.4) is 0 Å². The number of nitrogens with two attached hydrogens (primary N) is 1. The molecule has 8 nitrogen and oxygen atoms in total. The molecule has 1 unspecified atom stereocenters. The normalized spacial score (nSPS) is 22.6. The Bertz CT molecular complexity index is 818. The van der Waals surface area contributed by atoms with E-state index in [0.717, 1.165) is 6.42 Å². The summed E-state index contributed by atoms with van der Waals surface area (Å²) in [5.74, 6) is 0.523. The van der Waals surface area contributed by atoms with Crippen molar-refractivity contribution in [3.63, 3.8) is 0 Å². The molecule has 1 saturated heterocycles. The van der Waals surface area contributed by atoms with Gasteiger partial charge in [0.25, 0.3) is 0 Å². The maximum atomic E-state index is 12.9. The maximum absolute atomic E-state index is 12.9. The van der Waals surface area contributed by atoms with Gasteiger partial charge in [0.1, 0.15) is 0 Å². The average molecular weight is 336 g/mol. The standard InChI is InChI=1S/C14H20N6O2S/c1-14(9-15)6-7-20(10-14)23(21,22)12-5-3-4-11(8-12)13-16-17-18-19(13)2/h3-5,8H,6-7,9-10,15H2,1-2H3. The van der Waals surface area contributed by atoms with Crippen molar-refractivity contribution in [1.29, 1.82) is 0 Å². The summed E-state index contributed by atoms with van der Waals surface area (Å²) >= 11 is 0. The highest BCUT2D eigenvalue weighted by molar-refractivity contribution is 7.89. The van der Waals surface area contributed by atoms with E-state index in [1.54, 1.807) is 31.3 Å². The van der Waals surface area contributed by atoms with E-state index in [9.17, 15) is 8.42 Å². The molecule has 1 aromatic heterocycles. The second kappa shape index (κ2) is 5.66. The number of aryl methyl sites for hydroxylation is 1. The van der Waals surface area contributed by atoms with Gasteiger partial charge in [-0.2, -0.15) is 4.31 Å². The highest BCUT2D eigenvalue weighted by Crippen LogP contribution is 2.33. The molecule has 1 aliphatic rings. The van der Waals surface area contributed by atoms with Crippen LogP contribution in [0.4, 0.5) is 0 Å². The molecule has 0 aliphatic carbocycles. The quantitative estimate of drug-likeness (QED) is 0.857. The lowest BCUT2D eigenvalue weighted by atomic mass is 9.90. The fourth-order valence-electron chi connectivity index (χ4n) is 2.77. The summed E-state index contributed by atoms with van der Waals surface area (Å²) < 4.78 is 28.8. The molecule has 1 atom stereocenters. The predicted octanol–water partition coefficient (Wildman–Crippen LogP) is 0.237. The lowest BCUT2D eigenvalue weighted by molar-refractivity contribution is 0.349. The predicted molar refractivity (Wildman–Crippen MR) is 84.8 cm³/mol. The van der Waals surface area contributed by atoms with Crippen LogP contribution in [0.25, 0.3) is 11.4 Å². The second-order valence-corrected chi connectivity index (χ2v) is 8.20. The third-order valence-corrected chi connectivity index (χ3v) is 6.21. The summed E-state index contributed by atoms with van der Waals surface area (Å²) in [6, 6.07) is 6.70. The first-order chi connectivity index (χ1) is 10.9. The Labute approximate surface area is 135 Å². The lowest BCUT2D eigenvalue weighted by Gasteiger charge is -2.22. The number of nitrogens with zero attached hydrogens (tertiary/aromatic N) is 5. The zero-order chi connectivity index (χ0) is 16.7. The summed E-state index contributed by atoms with van der Waals surface area (Å²) in [6.45, 7) is 3.43. The fourth-order valence-corrected chi connectivity index (χ4v) is 4.41. The zero-order valence-corrected chi connectivity index (χ0v) is 14.0. The van der Waals surface area contributed by atoms with Gasteiger partial charge >= 0.3 is 0 Å². The van der Waals surface area contributed by atoms with Gasteiger partial charge in [0.2, 0.25) is 10.0 Å². The third kappa shape index (κ3) is 2.87. The minimum Gasteiger partial charge on any atom is -0.330 e. The summed E-state index contributed by atoms with van der Waals surface area (Å²) in [5, 5.41) is 11.3. The third-order valence-electron chi connectivity index (χ3n) is 4.37. The molecule has 1 aromatic carbocycles. The molecule has 2 N–H and O–H groups in total. The van der Waals surface area contributed by atoms with E-state index >= 15 is 0 Å². The van der Waals surface area contributed by atoms with Crippen molar-refractivity contribution in [2.75, 3.05) is 19.6 Å². The van der Waals surface area contributed by atoms with Crippen LogP contribution in [0, 0.1) is 5.41 Å². The molecular formula is C14H20N6O2S. The van der Waals surface area contributed by atoms with Gasteiger partial charge in [-0.3, -0.25) is 0 Å². The first-order valence-corrected chi connectivity index (χ1v) is 8.83. The molecule has 0 saturated carbocycles. The first kappa shape index (κ1) is 16.0. The van der Waals surface area contributed by atoms with Crippen LogP contribution in [0.1, 0.15) is 13.3 Å². The van der Waals surface area contributed by atoms with Gasteiger partial charge in [-0.1, -0.05) is 19.1 Å². The highest BCUT2D eigenvalue weighted by atomic mass is 32.2. The van der Waals surface area contributed by atoms with Crippen LogP contribution in [0.5, 0.6) is 0 Å². The van der Waals surface area contributed by atoms with Crippen LogP contribution in [-0.4, -0.2) is 52.6 Å². The van der Waals surface area contributed by atoms with E-state index in [0.29, 0.717) is 31.0 Å². The van der Waals surface area contributed by atoms with Crippen molar-refractivity contribution in [3.8, 4) is 11.4 Å². The Hall–Kier alpha value is -1.84. The van der Waals surface area contributed by atoms with Crippen LogP contribution < -0.4 is 5.73 Å². The molecule has 1 fully saturated rings. The number of aromatic nitrogens is 4. The summed E-state index contributed by atoms with van der Waals surface area (Å²) in [4.78, 5) is 0.249. The number of hydrogen-bond donors (Lipinski definition) is 1. The van der Waals surface area contributed by atoms with Crippen molar-refractivity contribution in [3.05, 3.63) is 24.3 Å².